The maximum atomic E-state index is 11.4. The van der Waals surface area contributed by atoms with Crippen molar-refractivity contribution >= 4 is 25.7 Å². The van der Waals surface area contributed by atoms with E-state index in [2.05, 4.69) is 0 Å². The average Bonchev–Trinajstić information content (AvgIpc) is 2.35. The molecule has 1 aromatic carbocycles. The van der Waals surface area contributed by atoms with E-state index in [4.69, 9.17) is 20.5 Å². The van der Waals surface area contributed by atoms with Gasteiger partial charge in [-0.25, -0.2) is 8.42 Å². The normalized spacial score (nSPS) is 11.4. The fourth-order valence-corrected chi connectivity index (χ4v) is 3.18. The summed E-state index contributed by atoms with van der Waals surface area (Å²) in [6, 6.07) is 3.15. The van der Waals surface area contributed by atoms with E-state index < -0.39 is 15.0 Å². The Morgan fingerprint density at radius 1 is 1.19 bits per heavy atom. The molecule has 21 heavy (non-hydrogen) atoms. The van der Waals surface area contributed by atoms with Crippen LogP contribution in [0.2, 0.25) is 0 Å². The monoisotopic (exact) mass is 334 g/mol. The van der Waals surface area contributed by atoms with Crippen molar-refractivity contribution in [1.29, 1.82) is 0 Å². The van der Waals surface area contributed by atoms with Crippen LogP contribution in [0.3, 0.4) is 0 Å². The molecule has 1 rings (SSSR count). The number of aryl methyl sites for hydroxylation is 2. The Bertz CT molecular complexity index is 610. The quantitative estimate of drug-likeness (QED) is 0.583. The molecular formula is C14H19ClO5S. The van der Waals surface area contributed by atoms with Crippen LogP contribution in [0.5, 0.6) is 5.75 Å². The second kappa shape index (κ2) is 7.66. The van der Waals surface area contributed by atoms with E-state index in [1.54, 1.807) is 19.9 Å². The van der Waals surface area contributed by atoms with E-state index >= 15 is 0 Å². The highest BCUT2D eigenvalue weighted by molar-refractivity contribution is 8.13. The van der Waals surface area contributed by atoms with Gasteiger partial charge in [0, 0.05) is 17.1 Å². The average molecular weight is 335 g/mol. The first-order valence-corrected chi connectivity index (χ1v) is 8.93. The summed E-state index contributed by atoms with van der Waals surface area (Å²) in [6.07, 6.45) is 2.32. The molecule has 0 aromatic heterocycles. The Kier molecular flexibility index (Phi) is 6.48. The fraction of sp³-hybridized carbons (Fsp3) is 0.500. The molecule has 0 heterocycles. The molecule has 0 bridgehead atoms. The van der Waals surface area contributed by atoms with Crippen molar-refractivity contribution in [3.05, 3.63) is 23.3 Å². The van der Waals surface area contributed by atoms with Gasteiger partial charge in [0.2, 0.25) is 0 Å². The fourth-order valence-electron chi connectivity index (χ4n) is 1.92. The van der Waals surface area contributed by atoms with Gasteiger partial charge in [-0.1, -0.05) is 0 Å². The Morgan fingerprint density at radius 2 is 1.86 bits per heavy atom. The molecule has 0 fully saturated rings. The third kappa shape index (κ3) is 5.93. The summed E-state index contributed by atoms with van der Waals surface area (Å²) in [5.74, 6) is -0.171. The Labute approximate surface area is 129 Å². The van der Waals surface area contributed by atoms with E-state index in [1.165, 1.54) is 6.07 Å². The van der Waals surface area contributed by atoms with Crippen molar-refractivity contribution in [3.8, 4) is 5.75 Å². The lowest BCUT2D eigenvalue weighted by Crippen LogP contribution is -2.02. The van der Waals surface area contributed by atoms with Gasteiger partial charge in [0.15, 0.2) is 0 Å². The number of hydrogen-bond acceptors (Lipinski definition) is 4. The lowest BCUT2D eigenvalue weighted by atomic mass is 10.1. The zero-order chi connectivity index (χ0) is 16.0. The minimum absolute atomic E-state index is 0.0930. The van der Waals surface area contributed by atoms with E-state index in [1.807, 2.05) is 0 Å². The van der Waals surface area contributed by atoms with E-state index in [0.29, 0.717) is 29.9 Å². The molecule has 118 valence electrons. The lowest BCUT2D eigenvalue weighted by molar-refractivity contribution is -0.137. The molecule has 0 aliphatic rings. The van der Waals surface area contributed by atoms with Crippen LogP contribution in [0.15, 0.2) is 17.0 Å². The Balaban J connectivity index is 2.57. The van der Waals surface area contributed by atoms with Crippen molar-refractivity contribution < 1.29 is 23.1 Å². The topological polar surface area (TPSA) is 80.7 Å². The highest BCUT2D eigenvalue weighted by Crippen LogP contribution is 2.28. The summed E-state index contributed by atoms with van der Waals surface area (Å²) in [7, 11) is 1.61. The van der Waals surface area contributed by atoms with Crippen molar-refractivity contribution in [2.24, 2.45) is 0 Å². The number of carboxylic acids is 1. The Morgan fingerprint density at radius 3 is 2.43 bits per heavy atom. The minimum Gasteiger partial charge on any atom is -0.493 e. The van der Waals surface area contributed by atoms with Crippen molar-refractivity contribution in [2.45, 2.75) is 44.4 Å². The van der Waals surface area contributed by atoms with Gasteiger partial charge in [-0.05, 0) is 56.4 Å². The summed E-state index contributed by atoms with van der Waals surface area (Å²) >= 11 is 0. The van der Waals surface area contributed by atoms with Gasteiger partial charge >= 0.3 is 5.97 Å². The van der Waals surface area contributed by atoms with Gasteiger partial charge in [0.05, 0.1) is 11.5 Å². The van der Waals surface area contributed by atoms with Crippen LogP contribution in [-0.2, 0) is 13.8 Å². The minimum atomic E-state index is -3.75. The number of rotatable bonds is 8. The molecule has 0 unspecified atom stereocenters. The van der Waals surface area contributed by atoms with Gasteiger partial charge in [-0.2, -0.15) is 0 Å². The van der Waals surface area contributed by atoms with Crippen molar-refractivity contribution in [1.82, 2.24) is 0 Å². The number of unbranched alkanes of at least 4 members (excludes halogenated alkanes) is 2. The number of halogens is 1. The van der Waals surface area contributed by atoms with Crippen LogP contribution in [0, 0.1) is 13.8 Å². The molecule has 1 aromatic rings. The highest BCUT2D eigenvalue weighted by atomic mass is 35.7. The third-order valence-corrected chi connectivity index (χ3v) is 4.49. The summed E-state index contributed by atoms with van der Waals surface area (Å²) in [5, 5.41) is 8.52. The zero-order valence-electron chi connectivity index (χ0n) is 12.1. The molecule has 5 nitrogen and oxygen atoms in total. The first-order valence-electron chi connectivity index (χ1n) is 6.62. The largest absolute Gasteiger partial charge is 0.493 e. The second-order valence-electron chi connectivity index (χ2n) is 4.87. The maximum absolute atomic E-state index is 11.4. The van der Waals surface area contributed by atoms with Gasteiger partial charge in [-0.15, -0.1) is 0 Å². The molecule has 1 N–H and O–H groups in total. The first kappa shape index (κ1) is 17.8. The molecule has 0 saturated heterocycles. The predicted molar refractivity (Wildman–Crippen MR) is 80.6 cm³/mol. The summed E-state index contributed by atoms with van der Waals surface area (Å²) in [6.45, 7) is 3.88. The maximum Gasteiger partial charge on any atom is 0.303 e. The summed E-state index contributed by atoms with van der Waals surface area (Å²) in [4.78, 5) is 10.5. The van der Waals surface area contributed by atoms with Gasteiger partial charge in [0.25, 0.3) is 9.05 Å². The first-order chi connectivity index (χ1) is 9.71. The molecule has 0 radical (unpaired) electrons. The van der Waals surface area contributed by atoms with E-state index in [9.17, 15) is 13.2 Å². The summed E-state index contributed by atoms with van der Waals surface area (Å²) < 4.78 is 28.4. The highest BCUT2D eigenvalue weighted by Gasteiger charge is 2.15. The molecule has 7 heteroatoms. The van der Waals surface area contributed by atoms with Gasteiger partial charge < -0.3 is 9.84 Å². The number of hydrogen-bond donors (Lipinski definition) is 1. The van der Waals surface area contributed by atoms with Crippen LogP contribution in [0.4, 0.5) is 0 Å². The number of benzene rings is 1. The standard InChI is InChI=1S/C14H19ClO5S/c1-10-9-13(21(15,18)19)11(2)8-12(10)20-7-5-3-4-6-14(16)17/h8-9H,3-7H2,1-2H3,(H,16,17). The van der Waals surface area contributed by atoms with Crippen molar-refractivity contribution in [3.63, 3.8) is 0 Å². The van der Waals surface area contributed by atoms with E-state index in [-0.39, 0.29) is 11.3 Å². The number of aliphatic carboxylic acids is 1. The number of ether oxygens (including phenoxy) is 1. The molecule has 0 aliphatic carbocycles. The third-order valence-electron chi connectivity index (χ3n) is 3.03. The number of carbonyl (C=O) groups is 1. The molecular weight excluding hydrogens is 316 g/mol. The zero-order valence-corrected chi connectivity index (χ0v) is 13.6. The molecule has 0 aliphatic heterocycles. The van der Waals surface area contributed by atoms with E-state index in [0.717, 1.165) is 12.8 Å². The second-order valence-corrected chi connectivity index (χ2v) is 7.41. The van der Waals surface area contributed by atoms with Gasteiger partial charge in [-0.3, -0.25) is 4.79 Å². The van der Waals surface area contributed by atoms with Crippen LogP contribution >= 0.6 is 10.7 Å². The Hall–Kier alpha value is -1.27. The van der Waals surface area contributed by atoms with Crippen molar-refractivity contribution in [2.75, 3.05) is 6.61 Å². The van der Waals surface area contributed by atoms with Crippen LogP contribution in [0.25, 0.3) is 0 Å². The van der Waals surface area contributed by atoms with Crippen LogP contribution in [0.1, 0.15) is 36.8 Å². The number of carboxylic acid groups (broad SMARTS) is 1. The molecule has 0 saturated carbocycles. The van der Waals surface area contributed by atoms with Gasteiger partial charge in [0.1, 0.15) is 5.75 Å². The lowest BCUT2D eigenvalue weighted by Gasteiger charge is -2.12. The predicted octanol–water partition coefficient (Wildman–Crippen LogP) is 3.25. The van der Waals surface area contributed by atoms with Crippen LogP contribution < -0.4 is 4.74 Å². The molecule has 0 atom stereocenters. The SMILES string of the molecule is Cc1cc(S(=O)(=O)Cl)c(C)cc1OCCCCCC(=O)O. The smallest absolute Gasteiger partial charge is 0.303 e. The summed E-state index contributed by atoms with van der Waals surface area (Å²) in [5.41, 5.74) is 1.24. The van der Waals surface area contributed by atoms with Crippen LogP contribution in [-0.4, -0.2) is 26.1 Å². The molecule has 0 amide bonds. The molecule has 0 spiro atoms.